The highest BCUT2D eigenvalue weighted by Gasteiger charge is 2.51. The zero-order valence-electron chi connectivity index (χ0n) is 8.59. The lowest BCUT2D eigenvalue weighted by atomic mass is 9.83. The van der Waals surface area contributed by atoms with E-state index in [1.165, 1.54) is 7.11 Å². The molecule has 2 atom stereocenters. The molecular weight excluding hydrogens is 184 g/mol. The highest BCUT2D eigenvalue weighted by atomic mass is 28.3. The van der Waals surface area contributed by atoms with Crippen LogP contribution in [0.2, 0.25) is 25.2 Å². The van der Waals surface area contributed by atoms with Gasteiger partial charge in [-0.1, -0.05) is 19.6 Å². The topological polar surface area (TPSA) is 43.4 Å². The van der Waals surface area contributed by atoms with E-state index in [2.05, 4.69) is 24.4 Å². The van der Waals surface area contributed by atoms with Crippen LogP contribution < -0.4 is 0 Å². The molecule has 3 nitrogen and oxygen atoms in total. The van der Waals surface area contributed by atoms with Crippen LogP contribution in [0.15, 0.2) is 0 Å². The molecule has 0 aromatic heterocycles. The Morgan fingerprint density at radius 2 is 2.00 bits per heavy atom. The first-order valence-electron chi connectivity index (χ1n) is 4.48. The Bertz CT molecular complexity index is 242. The summed E-state index contributed by atoms with van der Waals surface area (Å²) in [6, 6.07) is 0. The lowest BCUT2D eigenvalue weighted by molar-refractivity contribution is -0.153. The van der Waals surface area contributed by atoms with Gasteiger partial charge in [0.1, 0.15) is 11.7 Å². The van der Waals surface area contributed by atoms with Gasteiger partial charge >= 0.3 is 5.97 Å². The van der Waals surface area contributed by atoms with E-state index in [1.54, 1.807) is 0 Å². The van der Waals surface area contributed by atoms with E-state index in [4.69, 9.17) is 0 Å². The quantitative estimate of drug-likeness (QED) is 0.385. The molecule has 0 heterocycles. The summed E-state index contributed by atoms with van der Waals surface area (Å²) < 4.78 is 4.61. The van der Waals surface area contributed by atoms with Crippen LogP contribution in [0.25, 0.3) is 0 Å². The Balaban J connectivity index is 2.72. The van der Waals surface area contributed by atoms with Crippen LogP contribution in [0.5, 0.6) is 0 Å². The predicted octanol–water partition coefficient (Wildman–Crippen LogP) is 1.46. The van der Waals surface area contributed by atoms with Crippen molar-refractivity contribution in [3.05, 3.63) is 0 Å². The fourth-order valence-electron chi connectivity index (χ4n) is 1.75. The molecule has 2 unspecified atom stereocenters. The fraction of sp³-hybridized carbons (Fsp3) is 0.778. The van der Waals surface area contributed by atoms with Gasteiger partial charge in [0, 0.05) is 14.5 Å². The van der Waals surface area contributed by atoms with Gasteiger partial charge < -0.3 is 4.74 Å². The summed E-state index contributed by atoms with van der Waals surface area (Å²) in [6.07, 6.45) is 0.579. The molecule has 0 amide bonds. The smallest absolute Gasteiger partial charge is 0.316 e. The maximum atomic E-state index is 11.2. The molecule has 0 aromatic rings. The van der Waals surface area contributed by atoms with Gasteiger partial charge in [0.2, 0.25) is 0 Å². The normalized spacial score (nSPS) is 28.2. The third-order valence-corrected chi connectivity index (χ3v) is 5.50. The SMILES string of the molecule is COC(=O)C1C(=O)CC1[Si](C)(C)C. The summed E-state index contributed by atoms with van der Waals surface area (Å²) in [6.45, 7) is 6.54. The summed E-state index contributed by atoms with van der Waals surface area (Å²) in [4.78, 5) is 22.5. The van der Waals surface area contributed by atoms with Crippen molar-refractivity contribution >= 4 is 19.8 Å². The Hall–Kier alpha value is -0.643. The van der Waals surface area contributed by atoms with Gasteiger partial charge in [-0.15, -0.1) is 0 Å². The van der Waals surface area contributed by atoms with Crippen LogP contribution in [-0.2, 0) is 14.3 Å². The Morgan fingerprint density at radius 1 is 1.46 bits per heavy atom. The summed E-state index contributed by atoms with van der Waals surface area (Å²) in [5.41, 5.74) is 0.285. The van der Waals surface area contributed by atoms with Crippen molar-refractivity contribution < 1.29 is 14.3 Å². The molecule has 13 heavy (non-hydrogen) atoms. The lowest BCUT2D eigenvalue weighted by Crippen LogP contribution is -2.49. The summed E-state index contributed by atoms with van der Waals surface area (Å²) in [7, 11) is -0.0369. The van der Waals surface area contributed by atoms with Crippen LogP contribution >= 0.6 is 0 Å². The molecule has 0 spiro atoms. The maximum Gasteiger partial charge on any atom is 0.316 e. The predicted molar refractivity (Wildman–Crippen MR) is 52.2 cm³/mol. The molecule has 1 fully saturated rings. The second kappa shape index (κ2) is 3.25. The van der Waals surface area contributed by atoms with Gasteiger partial charge in [0.15, 0.2) is 0 Å². The van der Waals surface area contributed by atoms with Crippen molar-refractivity contribution in [1.29, 1.82) is 0 Å². The second-order valence-electron chi connectivity index (χ2n) is 4.64. The zero-order chi connectivity index (χ0) is 10.2. The van der Waals surface area contributed by atoms with Gasteiger partial charge in [0.05, 0.1) is 7.11 Å². The minimum absolute atomic E-state index is 0.0549. The minimum atomic E-state index is -1.38. The number of methoxy groups -OCH3 is 1. The third kappa shape index (κ3) is 1.82. The van der Waals surface area contributed by atoms with Crippen LogP contribution in [0.4, 0.5) is 0 Å². The number of carbonyl (C=O) groups excluding carboxylic acids is 2. The lowest BCUT2D eigenvalue weighted by Gasteiger charge is -2.40. The summed E-state index contributed by atoms with van der Waals surface area (Å²) >= 11 is 0. The Morgan fingerprint density at radius 3 is 2.31 bits per heavy atom. The molecule has 1 aliphatic rings. The summed E-state index contributed by atoms with van der Waals surface area (Å²) in [5, 5.41) is 0. The van der Waals surface area contributed by atoms with Gasteiger partial charge in [-0.2, -0.15) is 0 Å². The molecule has 0 saturated heterocycles. The third-order valence-electron chi connectivity index (χ3n) is 2.74. The monoisotopic (exact) mass is 200 g/mol. The first kappa shape index (κ1) is 10.4. The van der Waals surface area contributed by atoms with E-state index < -0.39 is 14.0 Å². The Labute approximate surface area is 79.5 Å². The van der Waals surface area contributed by atoms with E-state index in [9.17, 15) is 9.59 Å². The number of hydrogen-bond donors (Lipinski definition) is 0. The van der Waals surface area contributed by atoms with Crippen LogP contribution in [0, 0.1) is 5.92 Å². The minimum Gasteiger partial charge on any atom is -0.468 e. The highest BCUT2D eigenvalue weighted by Crippen LogP contribution is 2.44. The average molecular weight is 200 g/mol. The number of hydrogen-bond acceptors (Lipinski definition) is 3. The molecule has 0 aromatic carbocycles. The average Bonchev–Trinajstić information content (AvgIpc) is 1.97. The molecule has 4 heteroatoms. The molecule has 0 radical (unpaired) electrons. The molecule has 0 N–H and O–H groups in total. The molecule has 0 aliphatic heterocycles. The standard InChI is InChI=1S/C9H16O3Si/c1-12-9(11)8-6(10)5-7(8)13(2,3)4/h7-8H,5H2,1-4H3. The van der Waals surface area contributed by atoms with Crippen molar-refractivity contribution in [1.82, 2.24) is 0 Å². The van der Waals surface area contributed by atoms with E-state index in [1.807, 2.05) is 0 Å². The van der Waals surface area contributed by atoms with Crippen molar-refractivity contribution in [3.63, 3.8) is 0 Å². The van der Waals surface area contributed by atoms with E-state index >= 15 is 0 Å². The van der Waals surface area contributed by atoms with Gasteiger partial charge in [-0.05, 0) is 5.54 Å². The number of rotatable bonds is 2. The first-order valence-corrected chi connectivity index (χ1v) is 8.06. The maximum absolute atomic E-state index is 11.2. The molecule has 1 saturated carbocycles. The van der Waals surface area contributed by atoms with Crippen LogP contribution in [0.1, 0.15) is 6.42 Å². The van der Waals surface area contributed by atoms with Crippen molar-refractivity contribution in [3.8, 4) is 0 Å². The number of Topliss-reactive ketones (excluding diaryl/α,β-unsaturated/α-hetero) is 1. The van der Waals surface area contributed by atoms with Gasteiger partial charge in [-0.3, -0.25) is 9.59 Å². The number of carbonyl (C=O) groups is 2. The van der Waals surface area contributed by atoms with Gasteiger partial charge in [0.25, 0.3) is 0 Å². The van der Waals surface area contributed by atoms with Crippen molar-refractivity contribution in [2.75, 3.05) is 7.11 Å². The zero-order valence-corrected chi connectivity index (χ0v) is 9.59. The number of esters is 1. The fourth-order valence-corrected chi connectivity index (χ4v) is 3.89. The van der Waals surface area contributed by atoms with Crippen LogP contribution in [0.3, 0.4) is 0 Å². The van der Waals surface area contributed by atoms with Crippen molar-refractivity contribution in [2.24, 2.45) is 5.92 Å². The van der Waals surface area contributed by atoms with E-state index in [0.29, 0.717) is 6.42 Å². The number of ketones is 1. The molecule has 1 aliphatic carbocycles. The Kier molecular flexibility index (Phi) is 2.61. The largest absolute Gasteiger partial charge is 0.468 e. The van der Waals surface area contributed by atoms with E-state index in [0.717, 1.165) is 0 Å². The van der Waals surface area contributed by atoms with Crippen molar-refractivity contribution in [2.45, 2.75) is 31.6 Å². The van der Waals surface area contributed by atoms with Gasteiger partial charge in [-0.25, -0.2) is 0 Å². The first-order chi connectivity index (χ1) is 5.88. The molecule has 1 rings (SSSR count). The second-order valence-corrected chi connectivity index (χ2v) is 10.1. The van der Waals surface area contributed by atoms with Crippen LogP contribution in [-0.4, -0.2) is 26.9 Å². The summed E-state index contributed by atoms with van der Waals surface area (Å²) in [5.74, 6) is -0.736. The molecule has 0 bridgehead atoms. The molecular formula is C9H16O3Si. The highest BCUT2D eigenvalue weighted by molar-refractivity contribution is 6.79. The van der Waals surface area contributed by atoms with E-state index in [-0.39, 0.29) is 17.3 Å². The molecule has 74 valence electrons. The number of ether oxygens (including phenoxy) is 1.